The third-order valence-corrected chi connectivity index (χ3v) is 4.47. The minimum absolute atomic E-state index is 0.0308. The topological polar surface area (TPSA) is 64.4 Å². The van der Waals surface area contributed by atoms with Crippen LogP contribution in [0.3, 0.4) is 0 Å². The molecule has 1 aromatic heterocycles. The number of ether oxygens (including phenoxy) is 1. The molecule has 24 heavy (non-hydrogen) atoms. The highest BCUT2D eigenvalue weighted by molar-refractivity contribution is 5.83. The Morgan fingerprint density at radius 1 is 1.25 bits per heavy atom. The highest BCUT2D eigenvalue weighted by Gasteiger charge is 2.40. The van der Waals surface area contributed by atoms with Crippen LogP contribution < -0.4 is 4.74 Å². The van der Waals surface area contributed by atoms with Gasteiger partial charge in [-0.25, -0.2) is 0 Å². The van der Waals surface area contributed by atoms with Gasteiger partial charge in [-0.2, -0.15) is 5.10 Å². The second-order valence-corrected chi connectivity index (χ2v) is 6.28. The first-order chi connectivity index (χ1) is 11.5. The molecular weight excluding hydrogens is 306 g/mol. The van der Waals surface area contributed by atoms with Gasteiger partial charge in [-0.05, 0) is 25.5 Å². The van der Waals surface area contributed by atoms with Crippen molar-refractivity contribution in [2.45, 2.75) is 25.8 Å². The Kier molecular flexibility index (Phi) is 4.38. The molecule has 2 atom stereocenters. The third-order valence-electron chi connectivity index (χ3n) is 4.47. The van der Waals surface area contributed by atoms with E-state index < -0.39 is 5.92 Å². The molecule has 1 saturated heterocycles. The lowest BCUT2D eigenvalue weighted by Crippen LogP contribution is -2.44. The van der Waals surface area contributed by atoms with Crippen molar-refractivity contribution in [1.82, 2.24) is 14.7 Å². The molecule has 6 heteroatoms. The molecule has 1 aromatic carbocycles. The Balaban J connectivity index is 1.84. The fourth-order valence-electron chi connectivity index (χ4n) is 3.13. The number of benzene rings is 1. The molecule has 2 heterocycles. The fourth-order valence-corrected chi connectivity index (χ4v) is 3.13. The van der Waals surface area contributed by atoms with Gasteiger partial charge >= 0.3 is 5.97 Å². The normalized spacial score (nSPS) is 21.0. The molecule has 1 fully saturated rings. The maximum atomic E-state index is 12.7. The first kappa shape index (κ1) is 16.2. The average Bonchev–Trinajstić information content (AvgIpc) is 2.98. The van der Waals surface area contributed by atoms with Gasteiger partial charge in [0.25, 0.3) is 0 Å². The molecule has 1 amide bonds. The van der Waals surface area contributed by atoms with Crippen molar-refractivity contribution in [3.05, 3.63) is 47.8 Å². The van der Waals surface area contributed by atoms with Crippen LogP contribution in [-0.4, -0.2) is 33.6 Å². The number of rotatable bonds is 3. The quantitative estimate of drug-likeness (QED) is 0.641. The van der Waals surface area contributed by atoms with E-state index in [9.17, 15) is 9.59 Å². The minimum Gasteiger partial charge on any atom is -0.426 e. The van der Waals surface area contributed by atoms with Crippen molar-refractivity contribution < 1.29 is 14.3 Å². The van der Waals surface area contributed by atoms with Crippen molar-refractivity contribution >= 4 is 11.9 Å². The van der Waals surface area contributed by atoms with E-state index in [0.29, 0.717) is 18.6 Å². The number of nitrogens with zero attached hydrogens (tertiary/aromatic N) is 3. The molecule has 0 N–H and O–H groups in total. The number of aryl methyl sites for hydroxylation is 2. The average molecular weight is 327 g/mol. The van der Waals surface area contributed by atoms with Gasteiger partial charge in [0.15, 0.2) is 0 Å². The molecule has 2 unspecified atom stereocenters. The largest absolute Gasteiger partial charge is 0.426 e. The summed E-state index contributed by atoms with van der Waals surface area (Å²) in [6.07, 6.45) is 4.37. The van der Waals surface area contributed by atoms with Crippen molar-refractivity contribution in [2.24, 2.45) is 13.0 Å². The molecule has 2 aromatic rings. The van der Waals surface area contributed by atoms with Crippen LogP contribution in [0.4, 0.5) is 0 Å². The summed E-state index contributed by atoms with van der Waals surface area (Å²) in [5, 5.41) is 4.17. The van der Waals surface area contributed by atoms with Crippen LogP contribution in [0.15, 0.2) is 36.7 Å². The van der Waals surface area contributed by atoms with Crippen molar-refractivity contribution in [1.29, 1.82) is 0 Å². The first-order valence-corrected chi connectivity index (χ1v) is 7.98. The van der Waals surface area contributed by atoms with E-state index in [1.54, 1.807) is 35.0 Å². The van der Waals surface area contributed by atoms with Gasteiger partial charge in [0.2, 0.25) is 5.91 Å². The van der Waals surface area contributed by atoms with Crippen molar-refractivity contribution in [3.8, 4) is 5.75 Å². The number of carbonyl (C=O) groups excluding carboxylic acids is 2. The van der Waals surface area contributed by atoms with Crippen LogP contribution in [-0.2, 0) is 16.6 Å². The smallest absolute Gasteiger partial charge is 0.316 e. The number of esters is 1. The van der Waals surface area contributed by atoms with Gasteiger partial charge in [0.1, 0.15) is 5.75 Å². The predicted octanol–water partition coefficient (Wildman–Crippen LogP) is 2.24. The Morgan fingerprint density at radius 2 is 1.96 bits per heavy atom. The van der Waals surface area contributed by atoms with Gasteiger partial charge in [-0.15, -0.1) is 0 Å². The van der Waals surface area contributed by atoms with E-state index in [0.717, 1.165) is 11.1 Å². The number of piperidine rings is 1. The number of carbonyl (C=O) groups is 2. The van der Waals surface area contributed by atoms with E-state index in [1.165, 1.54) is 0 Å². The zero-order valence-electron chi connectivity index (χ0n) is 14.1. The van der Waals surface area contributed by atoms with Gasteiger partial charge in [0, 0.05) is 32.3 Å². The lowest BCUT2D eigenvalue weighted by molar-refractivity contribution is -0.148. The van der Waals surface area contributed by atoms with E-state index >= 15 is 0 Å². The SMILES string of the molecule is Cc1ccc(OC(=O)C2CCC(=O)N(C)C2c2cnn(C)c2)cc1. The molecule has 1 aliphatic heterocycles. The highest BCUT2D eigenvalue weighted by Crippen LogP contribution is 2.36. The summed E-state index contributed by atoms with van der Waals surface area (Å²) in [4.78, 5) is 26.4. The third kappa shape index (κ3) is 3.18. The van der Waals surface area contributed by atoms with Crippen LogP contribution in [0.1, 0.15) is 30.0 Å². The van der Waals surface area contributed by atoms with Crippen LogP contribution >= 0.6 is 0 Å². The summed E-state index contributed by atoms with van der Waals surface area (Å²) in [6, 6.07) is 7.02. The molecule has 0 aliphatic carbocycles. The van der Waals surface area contributed by atoms with Crippen molar-refractivity contribution in [3.63, 3.8) is 0 Å². The number of aromatic nitrogens is 2. The fraction of sp³-hybridized carbons (Fsp3) is 0.389. The van der Waals surface area contributed by atoms with Crippen LogP contribution in [0.5, 0.6) is 5.75 Å². The number of hydrogen-bond acceptors (Lipinski definition) is 4. The molecule has 0 saturated carbocycles. The van der Waals surface area contributed by atoms with E-state index in [-0.39, 0.29) is 17.9 Å². The molecule has 6 nitrogen and oxygen atoms in total. The standard InChI is InChI=1S/C18H21N3O3/c1-12-4-6-14(7-5-12)24-18(23)15-8-9-16(22)21(3)17(15)13-10-19-20(2)11-13/h4-7,10-11,15,17H,8-9H2,1-3H3. The maximum absolute atomic E-state index is 12.7. The zero-order valence-corrected chi connectivity index (χ0v) is 14.1. The van der Waals surface area contributed by atoms with Gasteiger partial charge in [-0.1, -0.05) is 17.7 Å². The molecule has 3 rings (SSSR count). The molecular formula is C18H21N3O3. The number of likely N-dealkylation sites (tertiary alicyclic amines) is 1. The van der Waals surface area contributed by atoms with Gasteiger partial charge in [0.05, 0.1) is 18.2 Å². The summed E-state index contributed by atoms with van der Waals surface area (Å²) >= 11 is 0. The Hall–Kier alpha value is -2.63. The summed E-state index contributed by atoms with van der Waals surface area (Å²) in [5.74, 6) is -0.163. The summed E-state index contributed by atoms with van der Waals surface area (Å²) in [7, 11) is 3.54. The lowest BCUT2D eigenvalue weighted by atomic mass is 9.86. The van der Waals surface area contributed by atoms with Gasteiger partial charge < -0.3 is 9.64 Å². The van der Waals surface area contributed by atoms with Gasteiger partial charge in [-0.3, -0.25) is 14.3 Å². The molecule has 0 radical (unpaired) electrons. The lowest BCUT2D eigenvalue weighted by Gasteiger charge is -2.37. The predicted molar refractivity (Wildman–Crippen MR) is 88.3 cm³/mol. The minimum atomic E-state index is -0.404. The van der Waals surface area contributed by atoms with E-state index in [4.69, 9.17) is 4.74 Å². The number of amides is 1. The summed E-state index contributed by atoms with van der Waals surface area (Å²) in [6.45, 7) is 1.98. The highest BCUT2D eigenvalue weighted by atomic mass is 16.5. The first-order valence-electron chi connectivity index (χ1n) is 7.98. The molecule has 126 valence electrons. The molecule has 1 aliphatic rings. The second-order valence-electron chi connectivity index (χ2n) is 6.28. The molecule has 0 bridgehead atoms. The van der Waals surface area contributed by atoms with E-state index in [1.807, 2.05) is 32.3 Å². The Morgan fingerprint density at radius 3 is 2.58 bits per heavy atom. The summed E-state index contributed by atoms with van der Waals surface area (Å²) in [5.41, 5.74) is 1.95. The van der Waals surface area contributed by atoms with Crippen LogP contribution in [0.2, 0.25) is 0 Å². The van der Waals surface area contributed by atoms with Crippen LogP contribution in [0.25, 0.3) is 0 Å². The van der Waals surface area contributed by atoms with Crippen molar-refractivity contribution in [2.75, 3.05) is 7.05 Å². The molecule has 0 spiro atoms. The monoisotopic (exact) mass is 327 g/mol. The maximum Gasteiger partial charge on any atom is 0.316 e. The Labute approximate surface area is 141 Å². The summed E-state index contributed by atoms with van der Waals surface area (Å²) < 4.78 is 7.22. The van der Waals surface area contributed by atoms with E-state index in [2.05, 4.69) is 5.10 Å². The Bertz CT molecular complexity index is 751. The van der Waals surface area contributed by atoms with Crippen LogP contribution in [0, 0.1) is 12.8 Å². The second kappa shape index (κ2) is 6.47. The number of hydrogen-bond donors (Lipinski definition) is 0. The zero-order chi connectivity index (χ0) is 17.3.